The summed E-state index contributed by atoms with van der Waals surface area (Å²) in [5.41, 5.74) is 5.40. The van der Waals surface area contributed by atoms with Gasteiger partial charge in [0.25, 0.3) is 0 Å². The molecule has 6 heteroatoms. The summed E-state index contributed by atoms with van der Waals surface area (Å²) in [7, 11) is -2.81. The van der Waals surface area contributed by atoms with Crippen molar-refractivity contribution in [1.29, 1.82) is 0 Å². The van der Waals surface area contributed by atoms with Gasteiger partial charge in [0, 0.05) is 18.9 Å². The minimum Gasteiger partial charge on any atom is -0.445 e. The van der Waals surface area contributed by atoms with Crippen LogP contribution >= 0.6 is 0 Å². The number of rotatable bonds is 3. The first kappa shape index (κ1) is 11.6. The second-order valence-corrected chi connectivity index (χ2v) is 6.42. The zero-order valence-electron chi connectivity index (χ0n) is 9.05. The maximum Gasteiger partial charge on any atom is 0.195 e. The van der Waals surface area contributed by atoms with Gasteiger partial charge in [0.05, 0.1) is 17.7 Å². The van der Waals surface area contributed by atoms with Gasteiger partial charge in [0.2, 0.25) is 0 Å². The molecule has 0 aromatic carbocycles. The molecule has 2 rings (SSSR count). The van der Waals surface area contributed by atoms with Crippen molar-refractivity contribution in [2.45, 2.75) is 25.2 Å². The van der Waals surface area contributed by atoms with Crippen LogP contribution in [0.25, 0.3) is 0 Å². The van der Waals surface area contributed by atoms with Crippen molar-refractivity contribution in [2.24, 2.45) is 5.73 Å². The number of nitrogens with zero attached hydrogens (tertiary/aromatic N) is 1. The molecule has 1 aliphatic rings. The van der Waals surface area contributed by atoms with E-state index in [0.29, 0.717) is 31.7 Å². The number of sulfone groups is 1. The predicted octanol–water partition coefficient (Wildman–Crippen LogP) is 0.468. The van der Waals surface area contributed by atoms with E-state index < -0.39 is 9.84 Å². The van der Waals surface area contributed by atoms with Gasteiger partial charge in [0.15, 0.2) is 5.89 Å². The fourth-order valence-corrected chi connectivity index (χ4v) is 3.42. The normalized spacial score (nSPS) is 21.1. The van der Waals surface area contributed by atoms with Crippen LogP contribution in [0.3, 0.4) is 0 Å². The SMILES string of the molecule is NCCc1ncc(C2CCS(=O)(=O)CC2)o1. The van der Waals surface area contributed by atoms with Gasteiger partial charge in [-0.15, -0.1) is 0 Å². The molecule has 0 bridgehead atoms. The van der Waals surface area contributed by atoms with Crippen molar-refractivity contribution < 1.29 is 12.8 Å². The fraction of sp³-hybridized carbons (Fsp3) is 0.700. The Balaban J connectivity index is 2.02. The Morgan fingerprint density at radius 3 is 2.75 bits per heavy atom. The second kappa shape index (κ2) is 4.55. The van der Waals surface area contributed by atoms with Gasteiger partial charge in [0.1, 0.15) is 15.6 Å². The van der Waals surface area contributed by atoms with E-state index in [-0.39, 0.29) is 17.4 Å². The van der Waals surface area contributed by atoms with Gasteiger partial charge in [-0.1, -0.05) is 0 Å². The lowest BCUT2D eigenvalue weighted by Gasteiger charge is -2.19. The molecule has 1 saturated heterocycles. The lowest BCUT2D eigenvalue weighted by atomic mass is 10.0. The molecule has 2 N–H and O–H groups in total. The van der Waals surface area contributed by atoms with Gasteiger partial charge in [-0.05, 0) is 12.8 Å². The molecule has 90 valence electrons. The Morgan fingerprint density at radius 1 is 1.44 bits per heavy atom. The van der Waals surface area contributed by atoms with Gasteiger partial charge in [-0.25, -0.2) is 13.4 Å². The maximum atomic E-state index is 11.3. The minimum atomic E-state index is -2.81. The van der Waals surface area contributed by atoms with Crippen molar-refractivity contribution in [2.75, 3.05) is 18.1 Å². The third-order valence-corrected chi connectivity index (χ3v) is 4.60. The minimum absolute atomic E-state index is 0.197. The van der Waals surface area contributed by atoms with Crippen molar-refractivity contribution in [1.82, 2.24) is 4.98 Å². The molecule has 16 heavy (non-hydrogen) atoms. The lowest BCUT2D eigenvalue weighted by Crippen LogP contribution is -2.21. The summed E-state index contributed by atoms with van der Waals surface area (Å²) in [5, 5.41) is 0. The van der Waals surface area contributed by atoms with E-state index in [9.17, 15) is 8.42 Å². The van der Waals surface area contributed by atoms with Gasteiger partial charge >= 0.3 is 0 Å². The highest BCUT2D eigenvalue weighted by Crippen LogP contribution is 2.29. The monoisotopic (exact) mass is 244 g/mol. The van der Waals surface area contributed by atoms with E-state index in [1.165, 1.54) is 0 Å². The lowest BCUT2D eigenvalue weighted by molar-refractivity contribution is 0.408. The number of oxazole rings is 1. The van der Waals surface area contributed by atoms with Crippen LogP contribution in [-0.4, -0.2) is 31.5 Å². The highest BCUT2D eigenvalue weighted by Gasteiger charge is 2.26. The first-order valence-corrected chi connectivity index (χ1v) is 7.28. The van der Waals surface area contributed by atoms with Gasteiger partial charge < -0.3 is 10.2 Å². The molecule has 0 amide bonds. The van der Waals surface area contributed by atoms with E-state index in [1.807, 2.05) is 0 Å². The Hall–Kier alpha value is -0.880. The topological polar surface area (TPSA) is 86.2 Å². The standard InChI is InChI=1S/C10H16N2O3S/c11-4-1-10-12-7-9(15-10)8-2-5-16(13,14)6-3-8/h7-8H,1-6,11H2. The molecule has 0 aliphatic carbocycles. The fourth-order valence-electron chi connectivity index (χ4n) is 1.93. The Bertz CT molecular complexity index is 438. The van der Waals surface area contributed by atoms with Crippen molar-refractivity contribution in [3.63, 3.8) is 0 Å². The van der Waals surface area contributed by atoms with E-state index in [0.717, 1.165) is 5.76 Å². The van der Waals surface area contributed by atoms with E-state index in [2.05, 4.69) is 4.98 Å². The van der Waals surface area contributed by atoms with E-state index >= 15 is 0 Å². The smallest absolute Gasteiger partial charge is 0.195 e. The largest absolute Gasteiger partial charge is 0.445 e. The van der Waals surface area contributed by atoms with Crippen molar-refractivity contribution in [3.05, 3.63) is 17.8 Å². The zero-order valence-corrected chi connectivity index (χ0v) is 9.87. The summed E-state index contributed by atoms with van der Waals surface area (Å²) in [6.07, 6.45) is 3.61. The van der Waals surface area contributed by atoms with Crippen LogP contribution in [0.2, 0.25) is 0 Å². The van der Waals surface area contributed by atoms with Crippen LogP contribution in [0.4, 0.5) is 0 Å². The molecule has 1 aromatic heterocycles. The van der Waals surface area contributed by atoms with Crippen LogP contribution in [0.1, 0.15) is 30.4 Å². The third-order valence-electron chi connectivity index (χ3n) is 2.89. The van der Waals surface area contributed by atoms with Crippen LogP contribution in [-0.2, 0) is 16.3 Å². The molecule has 1 fully saturated rings. The van der Waals surface area contributed by atoms with Crippen LogP contribution in [0.15, 0.2) is 10.6 Å². The average molecular weight is 244 g/mol. The molecule has 0 unspecified atom stereocenters. The summed E-state index contributed by atoms with van der Waals surface area (Å²) >= 11 is 0. The summed E-state index contributed by atoms with van der Waals surface area (Å²) in [6.45, 7) is 0.513. The van der Waals surface area contributed by atoms with E-state index in [1.54, 1.807) is 6.20 Å². The number of nitrogens with two attached hydrogens (primary N) is 1. The Kier molecular flexibility index (Phi) is 3.30. The number of hydrogen-bond donors (Lipinski definition) is 1. The molecule has 0 spiro atoms. The average Bonchev–Trinajstić information content (AvgIpc) is 2.67. The molecule has 1 aromatic rings. The number of aromatic nitrogens is 1. The molecule has 0 saturated carbocycles. The van der Waals surface area contributed by atoms with Crippen LogP contribution in [0, 0.1) is 0 Å². The number of hydrogen-bond acceptors (Lipinski definition) is 5. The Morgan fingerprint density at radius 2 is 2.12 bits per heavy atom. The Labute approximate surface area is 95.0 Å². The summed E-state index contributed by atoms with van der Waals surface area (Å²) in [4.78, 5) is 4.12. The predicted molar refractivity (Wildman–Crippen MR) is 59.9 cm³/mol. The quantitative estimate of drug-likeness (QED) is 0.835. The van der Waals surface area contributed by atoms with Crippen LogP contribution in [0.5, 0.6) is 0 Å². The molecular weight excluding hydrogens is 228 g/mol. The van der Waals surface area contributed by atoms with Gasteiger partial charge in [-0.3, -0.25) is 0 Å². The van der Waals surface area contributed by atoms with Gasteiger partial charge in [-0.2, -0.15) is 0 Å². The van der Waals surface area contributed by atoms with Crippen molar-refractivity contribution in [3.8, 4) is 0 Å². The molecule has 0 atom stereocenters. The second-order valence-electron chi connectivity index (χ2n) is 4.12. The maximum absolute atomic E-state index is 11.3. The highest BCUT2D eigenvalue weighted by atomic mass is 32.2. The first-order chi connectivity index (χ1) is 7.61. The first-order valence-electron chi connectivity index (χ1n) is 5.46. The summed E-state index contributed by atoms with van der Waals surface area (Å²) < 4.78 is 28.1. The zero-order chi connectivity index (χ0) is 11.6. The summed E-state index contributed by atoms with van der Waals surface area (Å²) in [6, 6.07) is 0. The van der Waals surface area contributed by atoms with E-state index in [4.69, 9.17) is 10.2 Å². The van der Waals surface area contributed by atoms with Crippen LogP contribution < -0.4 is 5.73 Å². The molecular formula is C10H16N2O3S. The summed E-state index contributed by atoms with van der Waals surface area (Å²) in [5.74, 6) is 2.15. The van der Waals surface area contributed by atoms with Crippen molar-refractivity contribution >= 4 is 9.84 Å². The third kappa shape index (κ3) is 2.62. The molecule has 0 radical (unpaired) electrons. The molecule has 5 nitrogen and oxygen atoms in total. The highest BCUT2D eigenvalue weighted by molar-refractivity contribution is 7.91. The molecule has 2 heterocycles. The molecule has 1 aliphatic heterocycles.